The van der Waals surface area contributed by atoms with Crippen molar-refractivity contribution in [3.8, 4) is 0 Å². The summed E-state index contributed by atoms with van der Waals surface area (Å²) in [5.74, 6) is -1.93. The van der Waals surface area contributed by atoms with Crippen molar-refractivity contribution in [1.82, 2.24) is 14.7 Å². The molecule has 0 N–H and O–H groups in total. The van der Waals surface area contributed by atoms with Crippen LogP contribution < -0.4 is 0 Å². The maximum atomic E-state index is 14.4. The van der Waals surface area contributed by atoms with Gasteiger partial charge in [0.2, 0.25) is 5.95 Å². The largest absolute Gasteiger partial charge is 0.329 e. The molecular formula is C19H18Cl2F3N3O. The smallest absolute Gasteiger partial charge is 0.283 e. The molecule has 1 fully saturated rings. The molecule has 1 saturated carbocycles. The second-order valence-electron chi connectivity index (χ2n) is 6.74. The number of alkyl halides is 2. The number of hydrogen-bond donors (Lipinski definition) is 0. The van der Waals surface area contributed by atoms with E-state index in [1.807, 2.05) is 0 Å². The summed E-state index contributed by atoms with van der Waals surface area (Å²) in [4.78, 5) is 14.5. The molecule has 4 nitrogen and oxygen atoms in total. The lowest BCUT2D eigenvalue weighted by molar-refractivity contribution is 0.0698. The summed E-state index contributed by atoms with van der Waals surface area (Å²) in [6, 6.07) is 4.04. The molecule has 0 saturated heterocycles. The lowest BCUT2D eigenvalue weighted by atomic mass is 9.99. The van der Waals surface area contributed by atoms with Crippen LogP contribution in [0.2, 0.25) is 10.0 Å². The highest BCUT2D eigenvalue weighted by Gasteiger charge is 2.41. The van der Waals surface area contributed by atoms with E-state index in [1.54, 1.807) is 25.1 Å². The van der Waals surface area contributed by atoms with Gasteiger partial charge < -0.3 is 4.90 Å². The summed E-state index contributed by atoms with van der Waals surface area (Å²) in [6.07, 6.45) is -1.69. The molecule has 2 aromatic rings. The molecule has 1 amide bonds. The van der Waals surface area contributed by atoms with E-state index in [1.165, 1.54) is 11.9 Å². The molecule has 1 atom stereocenters. The second kappa shape index (κ2) is 7.79. The van der Waals surface area contributed by atoms with Crippen LogP contribution in [0.3, 0.4) is 0 Å². The Morgan fingerprint density at radius 3 is 2.57 bits per heavy atom. The zero-order chi connectivity index (χ0) is 20.7. The average Bonchev–Trinajstić information content (AvgIpc) is 3.42. The molecule has 1 aromatic carbocycles. The lowest BCUT2D eigenvalue weighted by Gasteiger charge is -2.31. The maximum absolute atomic E-state index is 14.4. The van der Waals surface area contributed by atoms with E-state index in [9.17, 15) is 18.0 Å². The molecule has 0 spiro atoms. The first kappa shape index (κ1) is 20.7. The Balaban J connectivity index is 2.00. The summed E-state index contributed by atoms with van der Waals surface area (Å²) >= 11 is 12.3. The highest BCUT2D eigenvalue weighted by Crippen LogP contribution is 2.37. The van der Waals surface area contributed by atoms with Gasteiger partial charge in [-0.15, -0.1) is 0 Å². The fraction of sp³-hybridized carbons (Fsp3) is 0.368. The summed E-state index contributed by atoms with van der Waals surface area (Å²) in [6.45, 7) is 5.72. The van der Waals surface area contributed by atoms with Gasteiger partial charge in [-0.25, -0.2) is 13.5 Å². The van der Waals surface area contributed by atoms with Crippen molar-refractivity contribution in [2.75, 3.05) is 0 Å². The Bertz CT molecular complexity index is 941. The highest BCUT2D eigenvalue weighted by atomic mass is 35.5. The van der Waals surface area contributed by atoms with Gasteiger partial charge in [-0.3, -0.25) is 4.79 Å². The van der Waals surface area contributed by atoms with Crippen molar-refractivity contribution in [3.63, 3.8) is 0 Å². The van der Waals surface area contributed by atoms with Crippen molar-refractivity contribution in [1.29, 1.82) is 0 Å². The van der Waals surface area contributed by atoms with E-state index in [0.717, 1.165) is 0 Å². The Morgan fingerprint density at radius 1 is 1.36 bits per heavy atom. The molecule has 0 aliphatic heterocycles. The molecule has 0 radical (unpaired) electrons. The third-order valence-corrected chi connectivity index (χ3v) is 5.36. The summed E-state index contributed by atoms with van der Waals surface area (Å²) in [5.41, 5.74) is -0.549. The zero-order valence-electron chi connectivity index (χ0n) is 15.2. The molecule has 150 valence electrons. The number of halogens is 5. The molecule has 1 unspecified atom stereocenters. The summed E-state index contributed by atoms with van der Waals surface area (Å²) < 4.78 is 41.7. The van der Waals surface area contributed by atoms with E-state index < -0.39 is 35.6 Å². The number of carbonyl (C=O) groups is 1. The predicted molar refractivity (Wildman–Crippen MR) is 102 cm³/mol. The van der Waals surface area contributed by atoms with E-state index in [0.29, 0.717) is 38.7 Å². The number of hydrogen-bond acceptors (Lipinski definition) is 2. The van der Waals surface area contributed by atoms with Crippen LogP contribution in [0.4, 0.5) is 13.2 Å². The third-order valence-electron chi connectivity index (χ3n) is 4.80. The number of aromatic nitrogens is 2. The molecule has 0 bridgehead atoms. The van der Waals surface area contributed by atoms with Crippen molar-refractivity contribution < 1.29 is 18.0 Å². The molecule has 3 rings (SSSR count). The van der Waals surface area contributed by atoms with E-state index in [2.05, 4.69) is 11.7 Å². The Hall–Kier alpha value is -1.99. The van der Waals surface area contributed by atoms with Crippen molar-refractivity contribution in [2.45, 2.75) is 38.3 Å². The van der Waals surface area contributed by atoms with Gasteiger partial charge in [-0.2, -0.15) is 9.49 Å². The van der Waals surface area contributed by atoms with Gasteiger partial charge in [0.05, 0.1) is 6.04 Å². The zero-order valence-corrected chi connectivity index (χ0v) is 16.7. The lowest BCUT2D eigenvalue weighted by Crippen LogP contribution is -2.41. The standard InChI is InChI=1S/C19H18Cl2F3N3O/c1-9(13-8-11(20)4-7-14(13)21)10(2)27(12-5-6-12)19(28)15-16(17(22)23)25-26(3)18(15)24/h4,7-8,10,12,17H,1,5-6H2,2-3H3. The van der Waals surface area contributed by atoms with Crippen LogP contribution >= 0.6 is 23.2 Å². The first-order valence-electron chi connectivity index (χ1n) is 8.60. The van der Waals surface area contributed by atoms with Crippen LogP contribution in [-0.2, 0) is 7.05 Å². The fourth-order valence-corrected chi connectivity index (χ4v) is 3.56. The number of benzene rings is 1. The Kier molecular flexibility index (Phi) is 5.77. The summed E-state index contributed by atoms with van der Waals surface area (Å²) in [7, 11) is 1.17. The molecule has 9 heteroatoms. The quantitative estimate of drug-likeness (QED) is 0.604. The minimum atomic E-state index is -3.07. The van der Waals surface area contributed by atoms with Crippen LogP contribution in [0.25, 0.3) is 5.57 Å². The van der Waals surface area contributed by atoms with E-state index in [4.69, 9.17) is 23.2 Å². The number of rotatable bonds is 6. The number of carbonyl (C=O) groups excluding carboxylic acids is 1. The van der Waals surface area contributed by atoms with E-state index in [-0.39, 0.29) is 6.04 Å². The van der Waals surface area contributed by atoms with Gasteiger partial charge >= 0.3 is 0 Å². The maximum Gasteiger partial charge on any atom is 0.283 e. The topological polar surface area (TPSA) is 38.1 Å². The molecular weight excluding hydrogens is 414 g/mol. The molecule has 1 aromatic heterocycles. The van der Waals surface area contributed by atoms with Gasteiger partial charge in [0.25, 0.3) is 12.3 Å². The number of amides is 1. The Morgan fingerprint density at radius 2 is 2.00 bits per heavy atom. The SMILES string of the molecule is C=C(c1cc(Cl)ccc1Cl)C(C)N(C(=O)c1c(C(F)F)nn(C)c1F)C1CC1. The average molecular weight is 432 g/mol. The van der Waals surface area contributed by atoms with Gasteiger partial charge in [0.1, 0.15) is 11.3 Å². The second-order valence-corrected chi connectivity index (χ2v) is 7.59. The number of nitrogens with zero attached hydrogens (tertiary/aromatic N) is 3. The highest BCUT2D eigenvalue weighted by molar-refractivity contribution is 6.34. The third kappa shape index (κ3) is 3.78. The normalized spacial score (nSPS) is 15.0. The molecule has 1 heterocycles. The molecule has 1 aliphatic carbocycles. The van der Waals surface area contributed by atoms with Crippen molar-refractivity contribution in [2.24, 2.45) is 7.05 Å². The van der Waals surface area contributed by atoms with Crippen molar-refractivity contribution >= 4 is 34.7 Å². The minimum absolute atomic E-state index is 0.192. The Labute approximate surface area is 170 Å². The molecule has 1 aliphatic rings. The van der Waals surface area contributed by atoms with Gasteiger partial charge in [0, 0.05) is 23.1 Å². The molecule has 28 heavy (non-hydrogen) atoms. The first-order valence-corrected chi connectivity index (χ1v) is 9.36. The predicted octanol–water partition coefficient (Wildman–Crippen LogP) is 5.51. The minimum Gasteiger partial charge on any atom is -0.329 e. The monoisotopic (exact) mass is 431 g/mol. The van der Waals surface area contributed by atoms with Crippen LogP contribution in [0.1, 0.15) is 47.8 Å². The van der Waals surface area contributed by atoms with Crippen LogP contribution in [0, 0.1) is 5.95 Å². The van der Waals surface area contributed by atoms with E-state index >= 15 is 0 Å². The van der Waals surface area contributed by atoms with Crippen LogP contribution in [0.15, 0.2) is 24.8 Å². The van der Waals surface area contributed by atoms with Gasteiger partial charge in [-0.1, -0.05) is 29.8 Å². The van der Waals surface area contributed by atoms with Crippen LogP contribution in [0.5, 0.6) is 0 Å². The van der Waals surface area contributed by atoms with Crippen LogP contribution in [-0.4, -0.2) is 32.7 Å². The summed E-state index contributed by atoms with van der Waals surface area (Å²) in [5, 5.41) is 4.30. The fourth-order valence-electron chi connectivity index (χ4n) is 3.15. The van der Waals surface area contributed by atoms with Gasteiger partial charge in [0.15, 0.2) is 0 Å². The van der Waals surface area contributed by atoms with Crippen molar-refractivity contribution in [3.05, 3.63) is 57.6 Å². The van der Waals surface area contributed by atoms with Gasteiger partial charge in [-0.05, 0) is 49.1 Å². The first-order chi connectivity index (χ1) is 13.1. The number of aryl methyl sites for hydroxylation is 1.